The van der Waals surface area contributed by atoms with Crippen LogP contribution in [-0.2, 0) is 30.8 Å². The highest BCUT2D eigenvalue weighted by atomic mass is 33.1. The summed E-state index contributed by atoms with van der Waals surface area (Å²) >= 11 is 0. The molecule has 336 valence electrons. The van der Waals surface area contributed by atoms with E-state index in [-0.39, 0.29) is 36.6 Å². The molecule has 0 radical (unpaired) electrons. The predicted octanol–water partition coefficient (Wildman–Crippen LogP) is 9.09. The van der Waals surface area contributed by atoms with Crippen molar-refractivity contribution in [2.24, 2.45) is 4.99 Å². The van der Waals surface area contributed by atoms with E-state index in [1.807, 2.05) is 79.2 Å². The lowest BCUT2D eigenvalue weighted by molar-refractivity contribution is -0.121. The predicted molar refractivity (Wildman–Crippen MR) is 259 cm³/mol. The van der Waals surface area contributed by atoms with E-state index < -0.39 is 0 Å². The Balaban J connectivity index is 1.01. The van der Waals surface area contributed by atoms with Crippen molar-refractivity contribution >= 4 is 61.9 Å². The summed E-state index contributed by atoms with van der Waals surface area (Å²) in [6.07, 6.45) is 8.64. The van der Waals surface area contributed by atoms with E-state index >= 15 is 0 Å². The quantitative estimate of drug-likeness (QED) is 0.0579. The van der Waals surface area contributed by atoms with Crippen LogP contribution in [-0.4, -0.2) is 73.0 Å². The fraction of sp³-hybridized carbons (Fsp3) is 0.300. The van der Waals surface area contributed by atoms with Crippen LogP contribution >= 0.6 is 21.6 Å². The minimum absolute atomic E-state index is 0.0334. The second kappa shape index (κ2) is 21.0. The van der Waals surface area contributed by atoms with E-state index in [1.165, 1.54) is 7.11 Å². The Hall–Kier alpha value is -6.45. The van der Waals surface area contributed by atoms with E-state index in [2.05, 4.69) is 17.2 Å². The van der Waals surface area contributed by atoms with Gasteiger partial charge in [-0.3, -0.25) is 28.8 Å². The Kier molecular flexibility index (Phi) is 14.6. The topological polar surface area (TPSA) is 143 Å². The largest absolute Gasteiger partial charge is 0.494 e. The van der Waals surface area contributed by atoms with Crippen molar-refractivity contribution in [2.45, 2.75) is 58.3 Å². The van der Waals surface area contributed by atoms with E-state index in [1.54, 1.807) is 68.8 Å². The number of para-hydroxylation sites is 2. The first kappa shape index (κ1) is 45.1. The van der Waals surface area contributed by atoms with Crippen molar-refractivity contribution in [1.29, 1.82) is 0 Å². The van der Waals surface area contributed by atoms with Crippen molar-refractivity contribution < 1.29 is 33.3 Å². The Morgan fingerprint density at radius 1 is 0.831 bits per heavy atom. The van der Waals surface area contributed by atoms with Crippen molar-refractivity contribution in [3.05, 3.63) is 135 Å². The van der Waals surface area contributed by atoms with Crippen LogP contribution in [0.3, 0.4) is 0 Å². The third-order valence-corrected chi connectivity index (χ3v) is 13.1. The normalized spacial score (nSPS) is 13.8. The third-order valence-electron chi connectivity index (χ3n) is 11.3. The molecule has 2 amide bonds. The number of ether oxygens (including phenoxy) is 5. The Morgan fingerprint density at radius 2 is 1.55 bits per heavy atom. The van der Waals surface area contributed by atoms with Crippen LogP contribution in [0.15, 0.2) is 107 Å². The number of fused-ring (bicyclic) bond motifs is 5. The van der Waals surface area contributed by atoms with Crippen molar-refractivity contribution in [3.8, 4) is 34.4 Å². The fourth-order valence-corrected chi connectivity index (χ4v) is 9.19. The molecule has 0 spiro atoms. The number of methoxy groups -OCH3 is 2. The van der Waals surface area contributed by atoms with E-state index in [4.69, 9.17) is 28.7 Å². The number of hydrogen-bond acceptors (Lipinski definition) is 12. The van der Waals surface area contributed by atoms with Gasteiger partial charge in [-0.25, -0.2) is 4.98 Å². The Morgan fingerprint density at radius 3 is 2.31 bits per heavy atom. The number of benzene rings is 5. The molecule has 65 heavy (non-hydrogen) atoms. The first-order chi connectivity index (χ1) is 31.8. The number of rotatable bonds is 20. The molecular formula is C50H51N5O8S2. The number of amides is 2. The van der Waals surface area contributed by atoms with Crippen molar-refractivity contribution in [3.63, 3.8) is 0 Å². The number of unbranched alkanes of at least 4 members (excludes halogenated alkanes) is 1. The van der Waals surface area contributed by atoms with Gasteiger partial charge >= 0.3 is 0 Å². The van der Waals surface area contributed by atoms with Gasteiger partial charge in [0.2, 0.25) is 5.91 Å². The summed E-state index contributed by atoms with van der Waals surface area (Å²) in [6.45, 7) is 3.35. The second-order valence-corrected chi connectivity index (χ2v) is 18.2. The zero-order valence-electron chi connectivity index (χ0n) is 36.8. The van der Waals surface area contributed by atoms with Crippen molar-refractivity contribution in [1.82, 2.24) is 14.9 Å². The number of carbonyl (C=O) groups excluding carboxylic acids is 2. The highest BCUT2D eigenvalue weighted by Gasteiger charge is 2.36. The second-order valence-electron chi connectivity index (χ2n) is 15.5. The number of hydrogen-bond donors (Lipinski definition) is 1. The molecular weight excluding hydrogens is 863 g/mol. The molecule has 0 bridgehead atoms. The van der Waals surface area contributed by atoms with Gasteiger partial charge in [0.1, 0.15) is 25.3 Å². The summed E-state index contributed by atoms with van der Waals surface area (Å²) in [4.78, 5) is 51.3. The lowest BCUT2D eigenvalue weighted by Gasteiger charge is -2.22. The summed E-state index contributed by atoms with van der Waals surface area (Å²) in [5, 5.41) is 3.37. The highest BCUT2D eigenvalue weighted by molar-refractivity contribution is 8.76. The fourth-order valence-electron chi connectivity index (χ4n) is 8.09. The molecule has 3 heterocycles. The number of carbonyl (C=O) groups is 2. The van der Waals surface area contributed by atoms with Gasteiger partial charge in [-0.1, -0.05) is 64.9 Å². The molecule has 13 nitrogen and oxygen atoms in total. The number of aliphatic imine (C=N–C) groups is 1. The van der Waals surface area contributed by atoms with Crippen LogP contribution in [0.25, 0.3) is 16.6 Å². The molecule has 0 fully saturated rings. The van der Waals surface area contributed by atoms with Gasteiger partial charge in [0.05, 0.1) is 54.7 Å². The van der Waals surface area contributed by atoms with Crippen molar-refractivity contribution in [2.75, 3.05) is 44.3 Å². The number of aryl methyl sites for hydroxylation is 1. The minimum Gasteiger partial charge on any atom is -0.494 e. The van der Waals surface area contributed by atoms with E-state index in [9.17, 15) is 14.4 Å². The maximum atomic E-state index is 14.0. The summed E-state index contributed by atoms with van der Waals surface area (Å²) in [5.41, 5.74) is 6.58. The maximum absolute atomic E-state index is 14.0. The zero-order valence-corrected chi connectivity index (χ0v) is 38.5. The van der Waals surface area contributed by atoms with Crippen LogP contribution in [0, 0.1) is 0 Å². The smallest absolute Gasteiger partial charge is 0.265 e. The molecule has 0 saturated heterocycles. The molecule has 8 rings (SSSR count). The van der Waals surface area contributed by atoms with Crippen LogP contribution < -0.4 is 39.5 Å². The Bertz CT molecular complexity index is 2800. The molecule has 0 unspecified atom stereocenters. The lowest BCUT2D eigenvalue weighted by atomic mass is 10.1. The SMILES string of the molecule is CCc1ccccc1-n1cnc2cc(OCc3cc(COc4cc5c(cc4OC)C(=O)N4c6ccccc6C[C@H]4C=N5)cc(OCCCCC(=O)NCCSSC)c3)c(OC)cc2c1=O. The van der Waals surface area contributed by atoms with E-state index in [0.717, 1.165) is 45.8 Å². The third kappa shape index (κ3) is 10.3. The standard InChI is InChI=1S/C50H51N5O8S2/c1-5-34-12-6-8-14-42(34)54-31-53-41-27-47(44(59-2)24-38(41)49(54)57)63-30-33-20-32(21-37(22-33)61-18-11-10-16-48(56)51-17-19-65-64-4)29-62-46-26-40-39(25-45(46)60-3)50(58)55-36(28-52-40)23-35-13-7-9-15-43(35)55/h6-9,12-15,20-22,24-28,31,36H,5,10-11,16-19,23,29-30H2,1-4H3,(H,51,56)/t36-/m0/s1. The first-order valence-corrected chi connectivity index (χ1v) is 24.3. The summed E-state index contributed by atoms with van der Waals surface area (Å²) in [5.74, 6) is 3.00. The van der Waals surface area contributed by atoms with Gasteiger partial charge in [0, 0.05) is 49.2 Å². The van der Waals surface area contributed by atoms with Gasteiger partial charge in [-0.15, -0.1) is 0 Å². The maximum Gasteiger partial charge on any atom is 0.265 e. The average Bonchev–Trinajstić information content (AvgIpc) is 3.65. The molecule has 0 saturated carbocycles. The first-order valence-electron chi connectivity index (χ1n) is 21.6. The molecule has 1 N–H and O–H groups in total. The van der Waals surface area contributed by atoms with Crippen LogP contribution in [0.2, 0.25) is 0 Å². The van der Waals surface area contributed by atoms with Gasteiger partial charge in [0.25, 0.3) is 11.5 Å². The average molecular weight is 914 g/mol. The monoisotopic (exact) mass is 913 g/mol. The summed E-state index contributed by atoms with van der Waals surface area (Å²) in [6, 6.07) is 28.1. The number of nitrogens with one attached hydrogen (secondary N) is 1. The molecule has 2 aliphatic heterocycles. The molecule has 1 atom stereocenters. The Labute approximate surface area is 385 Å². The van der Waals surface area contributed by atoms with Gasteiger partial charge in [-0.05, 0) is 90.2 Å². The lowest BCUT2D eigenvalue weighted by Crippen LogP contribution is -2.37. The van der Waals surface area contributed by atoms with Gasteiger partial charge < -0.3 is 29.0 Å². The van der Waals surface area contributed by atoms with Gasteiger partial charge in [-0.2, -0.15) is 0 Å². The zero-order chi connectivity index (χ0) is 45.3. The molecule has 15 heteroatoms. The molecule has 1 aromatic heterocycles. The molecule has 5 aromatic carbocycles. The summed E-state index contributed by atoms with van der Waals surface area (Å²) < 4.78 is 32.1. The molecule has 6 aromatic rings. The molecule has 0 aliphatic carbocycles. The number of aromatic nitrogens is 2. The number of anilines is 1. The van der Waals surface area contributed by atoms with Crippen LogP contribution in [0.5, 0.6) is 28.7 Å². The van der Waals surface area contributed by atoms with Crippen LogP contribution in [0.1, 0.15) is 58.8 Å². The molecule has 2 aliphatic rings. The van der Waals surface area contributed by atoms with E-state index in [0.29, 0.717) is 89.7 Å². The minimum atomic E-state index is -0.211. The van der Waals surface area contributed by atoms with Crippen LogP contribution in [0.4, 0.5) is 11.4 Å². The van der Waals surface area contributed by atoms with Gasteiger partial charge in [0.15, 0.2) is 23.0 Å². The summed E-state index contributed by atoms with van der Waals surface area (Å²) in [7, 11) is 6.48. The number of nitrogens with zero attached hydrogens (tertiary/aromatic N) is 4. The highest BCUT2D eigenvalue weighted by Crippen LogP contribution is 2.41.